The molecule has 4 aromatic rings. The van der Waals surface area contributed by atoms with Crippen LogP contribution in [0.15, 0.2) is 47.4 Å². The first-order valence-corrected chi connectivity index (χ1v) is 8.42. The Kier molecular flexibility index (Phi) is 3.59. The molecular formula is C20H18F2N4O. The molecule has 27 heavy (non-hydrogen) atoms. The van der Waals surface area contributed by atoms with Gasteiger partial charge >= 0.3 is 0 Å². The van der Waals surface area contributed by atoms with Crippen molar-refractivity contribution in [2.75, 3.05) is 0 Å². The number of rotatable bonds is 3. The Bertz CT molecular complexity index is 1280. The lowest BCUT2D eigenvalue weighted by molar-refractivity contribution is 0.0395. The lowest BCUT2D eigenvalue weighted by Crippen LogP contribution is -2.15. The molecule has 0 aliphatic heterocycles. The number of allylic oxidation sites excluding steroid dienone is 1. The summed E-state index contributed by atoms with van der Waals surface area (Å²) in [6.07, 6.45) is 1.61. The maximum Gasteiger partial charge on any atom is 0.296 e. The van der Waals surface area contributed by atoms with Gasteiger partial charge in [0.05, 0.1) is 16.5 Å². The van der Waals surface area contributed by atoms with Crippen LogP contribution in [0, 0.1) is 6.92 Å². The molecule has 0 fully saturated rings. The molecule has 0 aliphatic carbocycles. The third kappa shape index (κ3) is 2.50. The summed E-state index contributed by atoms with van der Waals surface area (Å²) < 4.78 is 30.8. The third-order valence-corrected chi connectivity index (χ3v) is 4.86. The summed E-state index contributed by atoms with van der Waals surface area (Å²) in [5, 5.41) is 3.84. The average Bonchev–Trinajstić information content (AvgIpc) is 3.10. The molecule has 2 N–H and O–H groups in total. The number of alkyl halides is 2. The fraction of sp³-hybridized carbons (Fsp3) is 0.200. The first-order valence-electron chi connectivity index (χ1n) is 8.42. The van der Waals surface area contributed by atoms with Crippen molar-refractivity contribution >= 4 is 21.9 Å². The monoisotopic (exact) mass is 368 g/mol. The molecule has 1 aromatic carbocycles. The first-order chi connectivity index (χ1) is 12.7. The number of H-pyrrole nitrogens is 2. The lowest BCUT2D eigenvalue weighted by atomic mass is 9.98. The topological polar surface area (TPSA) is 66.5 Å². The van der Waals surface area contributed by atoms with E-state index in [0.717, 1.165) is 5.56 Å². The van der Waals surface area contributed by atoms with Gasteiger partial charge in [-0.15, -0.1) is 0 Å². The minimum absolute atomic E-state index is 0.113. The van der Waals surface area contributed by atoms with Crippen LogP contribution in [0.25, 0.3) is 33.1 Å². The van der Waals surface area contributed by atoms with Crippen LogP contribution in [0.4, 0.5) is 8.78 Å². The van der Waals surface area contributed by atoms with Crippen molar-refractivity contribution < 1.29 is 8.78 Å². The van der Waals surface area contributed by atoms with Gasteiger partial charge in [-0.25, -0.2) is 4.98 Å². The van der Waals surface area contributed by atoms with Gasteiger partial charge in [-0.3, -0.25) is 14.6 Å². The maximum absolute atomic E-state index is 14.7. The molecular weight excluding hydrogens is 350 g/mol. The average molecular weight is 368 g/mol. The Morgan fingerprint density at radius 2 is 1.93 bits per heavy atom. The van der Waals surface area contributed by atoms with E-state index in [0.29, 0.717) is 33.2 Å². The van der Waals surface area contributed by atoms with Gasteiger partial charge in [0.1, 0.15) is 5.65 Å². The number of nitrogens with one attached hydrogen (secondary N) is 2. The smallest absolute Gasteiger partial charge is 0.296 e. The second-order valence-electron chi connectivity index (χ2n) is 6.84. The van der Waals surface area contributed by atoms with Crippen LogP contribution in [0.2, 0.25) is 0 Å². The summed E-state index contributed by atoms with van der Waals surface area (Å²) in [4.78, 5) is 19.4. The number of hydrogen-bond acceptors (Lipinski definition) is 2. The normalized spacial score (nSPS) is 12.2. The van der Waals surface area contributed by atoms with Gasteiger partial charge in [0.15, 0.2) is 0 Å². The molecule has 0 radical (unpaired) electrons. The Morgan fingerprint density at radius 1 is 1.22 bits per heavy atom. The first kappa shape index (κ1) is 17.2. The van der Waals surface area contributed by atoms with Crippen LogP contribution >= 0.6 is 0 Å². The van der Waals surface area contributed by atoms with Crippen molar-refractivity contribution in [2.24, 2.45) is 7.05 Å². The SMILES string of the molecule is C=C(C)C(F)(F)c1c(C)[nH]c2ncc(-c3ccc4[nH]n(C)c(=O)c4c3)cc12. The predicted octanol–water partition coefficient (Wildman–Crippen LogP) is 4.39. The predicted molar refractivity (Wildman–Crippen MR) is 102 cm³/mol. The van der Waals surface area contributed by atoms with Crippen LogP contribution in [0.5, 0.6) is 0 Å². The fourth-order valence-corrected chi connectivity index (χ4v) is 3.38. The number of nitrogens with zero attached hydrogens (tertiary/aromatic N) is 2. The molecule has 138 valence electrons. The van der Waals surface area contributed by atoms with Gasteiger partial charge in [-0.1, -0.05) is 12.6 Å². The highest BCUT2D eigenvalue weighted by Crippen LogP contribution is 2.41. The Balaban J connectivity index is 1.95. The summed E-state index contributed by atoms with van der Waals surface area (Å²) >= 11 is 0. The summed E-state index contributed by atoms with van der Waals surface area (Å²) in [7, 11) is 1.64. The number of halogens is 2. The van der Waals surface area contributed by atoms with E-state index in [4.69, 9.17) is 0 Å². The Morgan fingerprint density at radius 3 is 2.63 bits per heavy atom. The highest BCUT2D eigenvalue weighted by molar-refractivity contribution is 5.89. The number of aryl methyl sites for hydroxylation is 2. The van der Waals surface area contributed by atoms with E-state index in [1.165, 1.54) is 11.6 Å². The number of aromatic amines is 2. The molecule has 0 saturated carbocycles. The highest BCUT2D eigenvalue weighted by atomic mass is 19.3. The molecule has 4 rings (SSSR count). The largest absolute Gasteiger partial charge is 0.343 e. The maximum atomic E-state index is 14.7. The molecule has 0 atom stereocenters. The summed E-state index contributed by atoms with van der Waals surface area (Å²) in [6.45, 7) is 6.34. The van der Waals surface area contributed by atoms with E-state index >= 15 is 0 Å². The van der Waals surface area contributed by atoms with E-state index < -0.39 is 5.92 Å². The molecule has 7 heteroatoms. The van der Waals surface area contributed by atoms with Crippen LogP contribution in [0.1, 0.15) is 18.2 Å². The molecule has 0 spiro atoms. The summed E-state index contributed by atoms with van der Waals surface area (Å²) in [5.41, 5.74) is 2.37. The molecule has 3 heterocycles. The minimum Gasteiger partial charge on any atom is -0.343 e. The quantitative estimate of drug-likeness (QED) is 0.527. The molecule has 0 bridgehead atoms. The lowest BCUT2D eigenvalue weighted by Gasteiger charge is -2.17. The van der Waals surface area contributed by atoms with E-state index in [9.17, 15) is 13.6 Å². The molecule has 0 unspecified atom stereocenters. The van der Waals surface area contributed by atoms with Crippen LogP contribution in [-0.4, -0.2) is 19.7 Å². The number of benzene rings is 1. The van der Waals surface area contributed by atoms with E-state index in [1.54, 1.807) is 38.4 Å². The zero-order valence-corrected chi connectivity index (χ0v) is 15.2. The molecule has 0 saturated heterocycles. The molecule has 3 aromatic heterocycles. The Labute approximate surface area is 153 Å². The van der Waals surface area contributed by atoms with Crippen molar-refractivity contribution in [3.8, 4) is 11.1 Å². The highest BCUT2D eigenvalue weighted by Gasteiger charge is 2.37. The van der Waals surface area contributed by atoms with Gasteiger partial charge in [-0.05, 0) is 43.2 Å². The second kappa shape index (κ2) is 5.64. The summed E-state index contributed by atoms with van der Waals surface area (Å²) in [6, 6.07) is 7.04. The summed E-state index contributed by atoms with van der Waals surface area (Å²) in [5.74, 6) is -3.16. The zero-order valence-electron chi connectivity index (χ0n) is 15.2. The van der Waals surface area contributed by atoms with Gasteiger partial charge in [0.2, 0.25) is 0 Å². The van der Waals surface area contributed by atoms with Crippen molar-refractivity contribution in [3.63, 3.8) is 0 Å². The van der Waals surface area contributed by atoms with Crippen LogP contribution < -0.4 is 5.56 Å². The standard InChI is InChI=1S/C20H18F2N4O/c1-10(2)20(21,22)17-11(3)24-18-15(17)8-13(9-23-18)12-5-6-16-14(7-12)19(27)26(4)25-16/h5-9,25H,1H2,2-4H3,(H,23,24). The fourth-order valence-electron chi connectivity index (χ4n) is 3.38. The van der Waals surface area contributed by atoms with Gasteiger partial charge in [0.25, 0.3) is 11.5 Å². The molecule has 5 nitrogen and oxygen atoms in total. The third-order valence-electron chi connectivity index (χ3n) is 4.86. The van der Waals surface area contributed by atoms with Crippen molar-refractivity contribution in [3.05, 3.63) is 64.2 Å². The number of aromatic nitrogens is 4. The zero-order chi connectivity index (χ0) is 19.5. The van der Waals surface area contributed by atoms with E-state index in [-0.39, 0.29) is 16.7 Å². The molecule has 0 aliphatic rings. The minimum atomic E-state index is -3.16. The van der Waals surface area contributed by atoms with Gasteiger partial charge < -0.3 is 4.98 Å². The van der Waals surface area contributed by atoms with Crippen molar-refractivity contribution in [1.29, 1.82) is 0 Å². The number of pyridine rings is 1. The van der Waals surface area contributed by atoms with E-state index in [2.05, 4.69) is 21.6 Å². The molecule has 0 amide bonds. The van der Waals surface area contributed by atoms with Gasteiger partial charge in [0, 0.05) is 29.9 Å². The van der Waals surface area contributed by atoms with E-state index in [1.807, 2.05) is 6.07 Å². The van der Waals surface area contributed by atoms with Crippen molar-refractivity contribution in [2.45, 2.75) is 19.8 Å². The van der Waals surface area contributed by atoms with Crippen LogP contribution in [0.3, 0.4) is 0 Å². The number of fused-ring (bicyclic) bond motifs is 2. The second-order valence-corrected chi connectivity index (χ2v) is 6.84. The van der Waals surface area contributed by atoms with Gasteiger partial charge in [-0.2, -0.15) is 8.78 Å². The Hall–Kier alpha value is -3.22. The number of hydrogen-bond donors (Lipinski definition) is 2. The van der Waals surface area contributed by atoms with Crippen molar-refractivity contribution in [1.82, 2.24) is 19.7 Å². The van der Waals surface area contributed by atoms with Crippen LogP contribution in [-0.2, 0) is 13.0 Å².